The normalized spacial score (nSPS) is 17.4. The molecule has 0 unspecified atom stereocenters. The Kier molecular flexibility index (Phi) is 2.94. The fourth-order valence-corrected chi connectivity index (χ4v) is 2.96. The van der Waals surface area contributed by atoms with Crippen molar-refractivity contribution < 1.29 is 0 Å². The van der Waals surface area contributed by atoms with Crippen molar-refractivity contribution in [2.24, 2.45) is 5.92 Å². The fraction of sp³-hybridized carbons (Fsp3) is 0.571. The molecule has 1 aliphatic carbocycles. The standard InChI is InChI=1S/C14H20N4/c1-10-7-8-16-13-12(10)17-14(15)18(13)9-11-5-3-2-4-6-11/h7-8,11H,2-6,9H2,1H3,(H2,15,17). The van der Waals surface area contributed by atoms with Crippen molar-refractivity contribution in [2.45, 2.75) is 45.6 Å². The highest BCUT2D eigenvalue weighted by molar-refractivity contribution is 5.77. The van der Waals surface area contributed by atoms with Crippen molar-refractivity contribution in [3.8, 4) is 0 Å². The summed E-state index contributed by atoms with van der Waals surface area (Å²) in [6.45, 7) is 3.03. The Morgan fingerprint density at radius 1 is 1.33 bits per heavy atom. The van der Waals surface area contributed by atoms with Crippen molar-refractivity contribution >= 4 is 17.1 Å². The largest absolute Gasteiger partial charge is 0.369 e. The minimum absolute atomic E-state index is 0.609. The summed E-state index contributed by atoms with van der Waals surface area (Å²) in [6.07, 6.45) is 8.55. The van der Waals surface area contributed by atoms with Crippen LogP contribution in [0, 0.1) is 12.8 Å². The van der Waals surface area contributed by atoms with Gasteiger partial charge in [-0.3, -0.25) is 4.57 Å². The first-order chi connectivity index (χ1) is 8.75. The summed E-state index contributed by atoms with van der Waals surface area (Å²) in [6, 6.07) is 1.99. The van der Waals surface area contributed by atoms with Gasteiger partial charge in [0, 0.05) is 12.7 Å². The third-order valence-corrected chi connectivity index (χ3v) is 4.03. The molecule has 2 aromatic rings. The van der Waals surface area contributed by atoms with E-state index in [0.717, 1.165) is 29.2 Å². The maximum Gasteiger partial charge on any atom is 0.202 e. The summed E-state index contributed by atoms with van der Waals surface area (Å²) in [5, 5.41) is 0. The first-order valence-corrected chi connectivity index (χ1v) is 6.83. The van der Waals surface area contributed by atoms with E-state index in [1.165, 1.54) is 32.1 Å². The van der Waals surface area contributed by atoms with Gasteiger partial charge in [-0.05, 0) is 37.3 Å². The van der Waals surface area contributed by atoms with Crippen LogP contribution in [0.25, 0.3) is 11.2 Å². The molecule has 3 rings (SSSR count). The highest BCUT2D eigenvalue weighted by Gasteiger charge is 2.18. The van der Waals surface area contributed by atoms with Crippen LogP contribution >= 0.6 is 0 Å². The Bertz CT molecular complexity index is 552. The highest BCUT2D eigenvalue weighted by atomic mass is 15.2. The third kappa shape index (κ3) is 1.96. The molecule has 2 aromatic heterocycles. The van der Waals surface area contributed by atoms with Gasteiger partial charge in [-0.1, -0.05) is 19.3 Å². The van der Waals surface area contributed by atoms with Gasteiger partial charge >= 0.3 is 0 Å². The number of aromatic nitrogens is 3. The Morgan fingerprint density at radius 3 is 2.89 bits per heavy atom. The zero-order chi connectivity index (χ0) is 12.5. The molecule has 0 aromatic carbocycles. The minimum atomic E-state index is 0.609. The van der Waals surface area contributed by atoms with Crippen LogP contribution in [0.4, 0.5) is 5.95 Å². The number of imidazole rings is 1. The van der Waals surface area contributed by atoms with Gasteiger partial charge in [0.2, 0.25) is 5.95 Å². The zero-order valence-corrected chi connectivity index (χ0v) is 10.9. The second-order valence-electron chi connectivity index (χ2n) is 5.38. The van der Waals surface area contributed by atoms with Gasteiger partial charge in [0.15, 0.2) is 5.65 Å². The molecule has 0 aliphatic heterocycles. The maximum atomic E-state index is 6.05. The van der Waals surface area contributed by atoms with Gasteiger partial charge in [-0.2, -0.15) is 0 Å². The average Bonchev–Trinajstić information content (AvgIpc) is 2.70. The summed E-state index contributed by atoms with van der Waals surface area (Å²) in [7, 11) is 0. The molecule has 2 heterocycles. The number of nitrogens with two attached hydrogens (primary N) is 1. The average molecular weight is 244 g/mol. The van der Waals surface area contributed by atoms with Gasteiger partial charge in [0.25, 0.3) is 0 Å². The van der Waals surface area contributed by atoms with Crippen molar-refractivity contribution in [1.82, 2.24) is 14.5 Å². The summed E-state index contributed by atoms with van der Waals surface area (Å²) >= 11 is 0. The lowest BCUT2D eigenvalue weighted by Gasteiger charge is -2.22. The molecule has 0 atom stereocenters. The molecule has 18 heavy (non-hydrogen) atoms. The van der Waals surface area contributed by atoms with E-state index < -0.39 is 0 Å². The monoisotopic (exact) mass is 244 g/mol. The summed E-state index contributed by atoms with van der Waals surface area (Å²) in [4.78, 5) is 8.91. The van der Waals surface area contributed by atoms with E-state index in [9.17, 15) is 0 Å². The SMILES string of the molecule is Cc1ccnc2c1nc(N)n2CC1CCCCC1. The number of rotatable bonds is 2. The summed E-state index contributed by atoms with van der Waals surface area (Å²) < 4.78 is 2.10. The van der Waals surface area contributed by atoms with Crippen LogP contribution in [0.2, 0.25) is 0 Å². The number of aryl methyl sites for hydroxylation is 1. The van der Waals surface area contributed by atoms with Crippen molar-refractivity contribution in [2.75, 3.05) is 5.73 Å². The molecule has 0 radical (unpaired) electrons. The van der Waals surface area contributed by atoms with E-state index in [4.69, 9.17) is 5.73 Å². The Labute approximate surface area is 107 Å². The first kappa shape index (κ1) is 11.5. The molecule has 4 heteroatoms. The minimum Gasteiger partial charge on any atom is -0.369 e. The summed E-state index contributed by atoms with van der Waals surface area (Å²) in [5.74, 6) is 1.35. The number of hydrogen-bond acceptors (Lipinski definition) is 3. The Hall–Kier alpha value is -1.58. The second kappa shape index (κ2) is 4.59. The predicted octanol–water partition coefficient (Wildman–Crippen LogP) is 2.90. The molecule has 0 amide bonds. The van der Waals surface area contributed by atoms with Crippen LogP contribution in [0.15, 0.2) is 12.3 Å². The number of hydrogen-bond donors (Lipinski definition) is 1. The van der Waals surface area contributed by atoms with E-state index in [0.29, 0.717) is 5.95 Å². The quantitative estimate of drug-likeness (QED) is 0.883. The topological polar surface area (TPSA) is 56.7 Å². The molecule has 0 saturated heterocycles. The van der Waals surface area contributed by atoms with Gasteiger partial charge in [-0.25, -0.2) is 9.97 Å². The number of anilines is 1. The van der Waals surface area contributed by atoms with Crippen LogP contribution in [0.3, 0.4) is 0 Å². The van der Waals surface area contributed by atoms with Gasteiger partial charge in [0.1, 0.15) is 5.52 Å². The van der Waals surface area contributed by atoms with Crippen molar-refractivity contribution in [3.63, 3.8) is 0 Å². The number of pyridine rings is 1. The molecule has 0 bridgehead atoms. The summed E-state index contributed by atoms with van der Waals surface area (Å²) in [5.41, 5.74) is 9.09. The first-order valence-electron chi connectivity index (χ1n) is 6.83. The van der Waals surface area contributed by atoms with Crippen molar-refractivity contribution in [3.05, 3.63) is 17.8 Å². The van der Waals surface area contributed by atoms with E-state index in [1.807, 2.05) is 12.3 Å². The molecule has 96 valence electrons. The fourth-order valence-electron chi connectivity index (χ4n) is 2.96. The van der Waals surface area contributed by atoms with Crippen LogP contribution in [-0.4, -0.2) is 14.5 Å². The van der Waals surface area contributed by atoms with Crippen LogP contribution in [0.1, 0.15) is 37.7 Å². The van der Waals surface area contributed by atoms with Gasteiger partial charge < -0.3 is 5.73 Å². The maximum absolute atomic E-state index is 6.05. The number of nitrogen functional groups attached to an aromatic ring is 1. The van der Waals surface area contributed by atoms with E-state index in [1.54, 1.807) is 0 Å². The second-order valence-corrected chi connectivity index (χ2v) is 5.38. The molecular formula is C14H20N4. The molecule has 4 nitrogen and oxygen atoms in total. The van der Waals surface area contributed by atoms with Crippen LogP contribution in [-0.2, 0) is 6.54 Å². The Morgan fingerprint density at radius 2 is 2.11 bits per heavy atom. The number of fused-ring (bicyclic) bond motifs is 1. The molecule has 1 aliphatic rings. The highest BCUT2D eigenvalue weighted by Crippen LogP contribution is 2.27. The molecule has 1 fully saturated rings. The molecule has 0 spiro atoms. The lowest BCUT2D eigenvalue weighted by molar-refractivity contribution is 0.323. The number of nitrogens with zero attached hydrogens (tertiary/aromatic N) is 3. The van der Waals surface area contributed by atoms with Crippen LogP contribution in [0.5, 0.6) is 0 Å². The lowest BCUT2D eigenvalue weighted by atomic mass is 9.89. The van der Waals surface area contributed by atoms with E-state index >= 15 is 0 Å². The van der Waals surface area contributed by atoms with Crippen molar-refractivity contribution in [1.29, 1.82) is 0 Å². The lowest BCUT2D eigenvalue weighted by Crippen LogP contribution is -2.15. The van der Waals surface area contributed by atoms with Gasteiger partial charge in [-0.15, -0.1) is 0 Å². The van der Waals surface area contributed by atoms with E-state index in [-0.39, 0.29) is 0 Å². The predicted molar refractivity (Wildman–Crippen MR) is 73.3 cm³/mol. The van der Waals surface area contributed by atoms with Crippen LogP contribution < -0.4 is 5.73 Å². The van der Waals surface area contributed by atoms with Gasteiger partial charge in [0.05, 0.1) is 0 Å². The molecular weight excluding hydrogens is 224 g/mol. The molecule has 2 N–H and O–H groups in total. The smallest absolute Gasteiger partial charge is 0.202 e. The molecule has 1 saturated carbocycles. The Balaban J connectivity index is 1.95. The third-order valence-electron chi connectivity index (χ3n) is 4.03. The zero-order valence-electron chi connectivity index (χ0n) is 10.9. The van der Waals surface area contributed by atoms with E-state index in [2.05, 4.69) is 21.5 Å².